The highest BCUT2D eigenvalue weighted by Crippen LogP contribution is 2.32. The van der Waals surface area contributed by atoms with Crippen LogP contribution >= 0.6 is 0 Å². The fourth-order valence-corrected chi connectivity index (χ4v) is 2.12. The average Bonchev–Trinajstić information content (AvgIpc) is 2.58. The largest absolute Gasteiger partial charge is 0.493 e. The normalized spacial score (nSPS) is 9.57. The Morgan fingerprint density at radius 1 is 1.13 bits per heavy atom. The lowest BCUT2D eigenvalue weighted by molar-refractivity contribution is 0.0696. The topological polar surface area (TPSA) is 55.8 Å². The summed E-state index contributed by atoms with van der Waals surface area (Å²) in [5.41, 5.74) is 2.14. The Morgan fingerprint density at radius 3 is 2.35 bits per heavy atom. The minimum Gasteiger partial charge on any atom is -0.493 e. The van der Waals surface area contributed by atoms with Gasteiger partial charge < -0.3 is 14.6 Å². The molecular weight excluding hydrogens is 292 g/mol. The zero-order chi connectivity index (χ0) is 17.2. The van der Waals surface area contributed by atoms with Crippen LogP contribution in [0.2, 0.25) is 0 Å². The number of aromatic carboxylic acids is 1. The van der Waals surface area contributed by atoms with E-state index in [1.807, 2.05) is 51.1 Å². The van der Waals surface area contributed by atoms with Gasteiger partial charge in [-0.1, -0.05) is 44.2 Å². The summed E-state index contributed by atoms with van der Waals surface area (Å²) in [5, 5.41) is 9.05. The fourth-order valence-electron chi connectivity index (χ4n) is 2.12. The van der Waals surface area contributed by atoms with E-state index in [-0.39, 0.29) is 5.56 Å². The number of benzene rings is 2. The van der Waals surface area contributed by atoms with Crippen molar-refractivity contribution < 1.29 is 19.4 Å². The second-order valence-electron chi connectivity index (χ2n) is 4.71. The highest BCUT2D eigenvalue weighted by atomic mass is 16.5. The predicted molar refractivity (Wildman–Crippen MR) is 91.7 cm³/mol. The minimum absolute atomic E-state index is 0.194. The Bertz CT molecular complexity index is 621. The van der Waals surface area contributed by atoms with Crippen LogP contribution in [0.4, 0.5) is 0 Å². The standard InChI is InChI=1S/C17H18O4.C2H6/c1-12-10-14(17(18)19)11-15(20-2)16(12)21-9-8-13-6-4-3-5-7-13;1-2/h3-7,10-11H,8-9H2,1-2H3,(H,18,19);1-2H3. The van der Waals surface area contributed by atoms with Crippen molar-refractivity contribution in [2.45, 2.75) is 27.2 Å². The molecule has 0 fully saturated rings. The van der Waals surface area contributed by atoms with Crippen LogP contribution < -0.4 is 9.47 Å². The van der Waals surface area contributed by atoms with E-state index in [4.69, 9.17) is 14.6 Å². The first kappa shape index (κ1) is 18.6. The van der Waals surface area contributed by atoms with Gasteiger partial charge in [0, 0.05) is 6.42 Å². The zero-order valence-corrected chi connectivity index (χ0v) is 14.1. The van der Waals surface area contributed by atoms with E-state index in [0.29, 0.717) is 18.1 Å². The SMILES string of the molecule is CC.COc1cc(C(=O)O)cc(C)c1OCCc1ccccc1. The number of aryl methyl sites for hydroxylation is 1. The van der Waals surface area contributed by atoms with Crippen molar-refractivity contribution in [3.05, 3.63) is 59.2 Å². The molecule has 0 saturated heterocycles. The van der Waals surface area contributed by atoms with Gasteiger partial charge >= 0.3 is 5.97 Å². The van der Waals surface area contributed by atoms with Crippen LogP contribution in [0.15, 0.2) is 42.5 Å². The Kier molecular flexibility index (Phi) is 7.67. The Balaban J connectivity index is 0.00000127. The average molecular weight is 316 g/mol. The molecule has 0 aliphatic carbocycles. The summed E-state index contributed by atoms with van der Waals surface area (Å²) in [7, 11) is 1.50. The van der Waals surface area contributed by atoms with E-state index >= 15 is 0 Å². The maximum Gasteiger partial charge on any atom is 0.335 e. The molecule has 2 rings (SSSR count). The Hall–Kier alpha value is -2.49. The van der Waals surface area contributed by atoms with Gasteiger partial charge in [-0.15, -0.1) is 0 Å². The van der Waals surface area contributed by atoms with Crippen LogP contribution in [-0.4, -0.2) is 24.8 Å². The zero-order valence-electron chi connectivity index (χ0n) is 14.1. The lowest BCUT2D eigenvalue weighted by atomic mass is 10.1. The molecule has 0 aliphatic rings. The molecule has 1 N–H and O–H groups in total. The van der Waals surface area contributed by atoms with Crippen molar-refractivity contribution >= 4 is 5.97 Å². The molecule has 2 aromatic rings. The van der Waals surface area contributed by atoms with E-state index in [1.165, 1.54) is 18.7 Å². The third kappa shape index (κ3) is 5.33. The number of hydrogen-bond acceptors (Lipinski definition) is 3. The van der Waals surface area contributed by atoms with E-state index < -0.39 is 5.97 Å². The molecule has 0 spiro atoms. The first-order valence-electron chi connectivity index (χ1n) is 7.70. The van der Waals surface area contributed by atoms with Crippen LogP contribution in [0.3, 0.4) is 0 Å². The van der Waals surface area contributed by atoms with Crippen molar-refractivity contribution in [3.63, 3.8) is 0 Å². The van der Waals surface area contributed by atoms with Gasteiger partial charge in [0.25, 0.3) is 0 Å². The molecule has 0 bridgehead atoms. The van der Waals surface area contributed by atoms with Crippen molar-refractivity contribution in [3.8, 4) is 11.5 Å². The first-order valence-corrected chi connectivity index (χ1v) is 7.70. The first-order chi connectivity index (χ1) is 11.1. The summed E-state index contributed by atoms with van der Waals surface area (Å²) in [4.78, 5) is 11.0. The smallest absolute Gasteiger partial charge is 0.335 e. The quantitative estimate of drug-likeness (QED) is 0.861. The van der Waals surface area contributed by atoms with Crippen LogP contribution in [0.25, 0.3) is 0 Å². The van der Waals surface area contributed by atoms with E-state index in [0.717, 1.165) is 12.0 Å². The van der Waals surface area contributed by atoms with Gasteiger partial charge in [0.15, 0.2) is 11.5 Å². The van der Waals surface area contributed by atoms with Gasteiger partial charge in [0.1, 0.15) is 0 Å². The predicted octanol–water partition coefficient (Wildman–Crippen LogP) is 4.35. The molecule has 0 unspecified atom stereocenters. The van der Waals surface area contributed by atoms with Crippen molar-refractivity contribution in [1.82, 2.24) is 0 Å². The third-order valence-electron chi connectivity index (χ3n) is 3.19. The molecule has 0 aromatic heterocycles. The maximum atomic E-state index is 11.0. The Morgan fingerprint density at radius 2 is 1.78 bits per heavy atom. The summed E-state index contributed by atoms with van der Waals surface area (Å²) in [6.45, 7) is 6.32. The molecule has 0 atom stereocenters. The number of carboxylic acid groups (broad SMARTS) is 1. The highest BCUT2D eigenvalue weighted by molar-refractivity contribution is 5.89. The Labute approximate surface area is 137 Å². The molecule has 2 aromatic carbocycles. The van der Waals surface area contributed by atoms with Crippen LogP contribution in [0.1, 0.15) is 35.3 Å². The lowest BCUT2D eigenvalue weighted by Crippen LogP contribution is -2.06. The summed E-state index contributed by atoms with van der Waals surface area (Å²) in [6, 6.07) is 13.1. The number of hydrogen-bond donors (Lipinski definition) is 1. The van der Waals surface area contributed by atoms with Crippen LogP contribution in [0, 0.1) is 6.92 Å². The number of ether oxygens (including phenoxy) is 2. The van der Waals surface area contributed by atoms with Crippen LogP contribution in [-0.2, 0) is 6.42 Å². The summed E-state index contributed by atoms with van der Waals surface area (Å²) < 4.78 is 11.0. The molecule has 0 radical (unpaired) electrons. The van der Waals surface area contributed by atoms with Crippen molar-refractivity contribution in [2.75, 3.05) is 13.7 Å². The molecule has 23 heavy (non-hydrogen) atoms. The fraction of sp³-hybridized carbons (Fsp3) is 0.316. The van der Waals surface area contributed by atoms with Gasteiger partial charge in [-0.05, 0) is 30.2 Å². The van der Waals surface area contributed by atoms with Crippen molar-refractivity contribution in [2.24, 2.45) is 0 Å². The summed E-state index contributed by atoms with van der Waals surface area (Å²) >= 11 is 0. The molecule has 4 heteroatoms. The van der Waals surface area contributed by atoms with Crippen LogP contribution in [0.5, 0.6) is 11.5 Å². The van der Waals surface area contributed by atoms with Gasteiger partial charge in [-0.3, -0.25) is 0 Å². The van der Waals surface area contributed by atoms with Crippen molar-refractivity contribution in [1.29, 1.82) is 0 Å². The summed E-state index contributed by atoms with van der Waals surface area (Å²) in [6.07, 6.45) is 0.782. The molecular formula is C19H24O4. The van der Waals surface area contributed by atoms with E-state index in [1.54, 1.807) is 6.07 Å². The van der Waals surface area contributed by atoms with Gasteiger partial charge in [-0.2, -0.15) is 0 Å². The van der Waals surface area contributed by atoms with Gasteiger partial charge in [0.2, 0.25) is 0 Å². The van der Waals surface area contributed by atoms with E-state index in [2.05, 4.69) is 0 Å². The van der Waals surface area contributed by atoms with Gasteiger partial charge in [0.05, 0.1) is 19.3 Å². The molecule has 0 aliphatic heterocycles. The number of carbonyl (C=O) groups is 1. The van der Waals surface area contributed by atoms with E-state index in [9.17, 15) is 4.79 Å². The highest BCUT2D eigenvalue weighted by Gasteiger charge is 2.13. The maximum absolute atomic E-state index is 11.0. The summed E-state index contributed by atoms with van der Waals surface area (Å²) in [5.74, 6) is 0.0612. The molecule has 4 nitrogen and oxygen atoms in total. The second-order valence-corrected chi connectivity index (χ2v) is 4.71. The molecule has 124 valence electrons. The lowest BCUT2D eigenvalue weighted by Gasteiger charge is -2.14. The molecule has 0 amide bonds. The number of rotatable bonds is 6. The minimum atomic E-state index is -0.979. The molecule has 0 saturated carbocycles. The number of methoxy groups -OCH3 is 1. The number of carboxylic acids is 1. The monoisotopic (exact) mass is 316 g/mol. The third-order valence-corrected chi connectivity index (χ3v) is 3.19. The van der Waals surface area contributed by atoms with Gasteiger partial charge in [-0.25, -0.2) is 4.79 Å². The molecule has 0 heterocycles. The second kappa shape index (κ2) is 9.51.